The van der Waals surface area contributed by atoms with Gasteiger partial charge in [0.1, 0.15) is 5.82 Å². The van der Waals surface area contributed by atoms with E-state index in [1.165, 1.54) is 29.9 Å². The first-order valence-electron chi connectivity index (χ1n) is 7.71. The summed E-state index contributed by atoms with van der Waals surface area (Å²) in [4.78, 5) is 22.3. The summed E-state index contributed by atoms with van der Waals surface area (Å²) in [5.41, 5.74) is 0.348. The van der Waals surface area contributed by atoms with Gasteiger partial charge < -0.3 is 9.47 Å². The summed E-state index contributed by atoms with van der Waals surface area (Å²) in [5.74, 6) is 1.24. The monoisotopic (exact) mass is 359 g/mol. The summed E-state index contributed by atoms with van der Waals surface area (Å²) < 4.78 is 19.1. The molecule has 128 valence electrons. The van der Waals surface area contributed by atoms with Crippen molar-refractivity contribution in [3.63, 3.8) is 0 Å². The number of pyridine rings is 1. The van der Waals surface area contributed by atoms with Gasteiger partial charge in [-0.1, -0.05) is 0 Å². The topological polar surface area (TPSA) is 89.7 Å². The Morgan fingerprint density at radius 3 is 2.84 bits per heavy atom. The first kappa shape index (κ1) is 15.8. The van der Waals surface area contributed by atoms with Gasteiger partial charge in [-0.15, -0.1) is 10.2 Å². The van der Waals surface area contributed by atoms with Crippen LogP contribution in [-0.2, 0) is 6.54 Å². The summed E-state index contributed by atoms with van der Waals surface area (Å²) >= 11 is 1.28. The van der Waals surface area contributed by atoms with Crippen molar-refractivity contribution in [3.05, 3.63) is 41.5 Å². The van der Waals surface area contributed by atoms with Crippen LogP contribution in [0.1, 0.15) is 35.0 Å². The third-order valence-corrected chi connectivity index (χ3v) is 4.94. The number of fused-ring (bicyclic) bond motifs is 1. The lowest BCUT2D eigenvalue weighted by Gasteiger charge is -2.33. The molecular formula is C15H14FN7OS. The number of aryl methyl sites for hydroxylation is 1. The van der Waals surface area contributed by atoms with Gasteiger partial charge in [0, 0.05) is 19.3 Å². The zero-order valence-electron chi connectivity index (χ0n) is 13.5. The van der Waals surface area contributed by atoms with Crippen molar-refractivity contribution in [3.8, 4) is 10.8 Å². The number of aromatic nitrogens is 6. The molecule has 25 heavy (non-hydrogen) atoms. The number of carbonyl (C=O) groups excluding carboxylic acids is 1. The molecule has 0 unspecified atom stereocenters. The predicted molar refractivity (Wildman–Crippen MR) is 87.3 cm³/mol. The van der Waals surface area contributed by atoms with Crippen LogP contribution in [0.25, 0.3) is 10.8 Å². The van der Waals surface area contributed by atoms with E-state index >= 15 is 0 Å². The van der Waals surface area contributed by atoms with E-state index in [-0.39, 0.29) is 11.9 Å². The summed E-state index contributed by atoms with van der Waals surface area (Å²) in [7, 11) is 0. The minimum atomic E-state index is -0.611. The molecule has 0 saturated heterocycles. The van der Waals surface area contributed by atoms with E-state index in [0.29, 0.717) is 41.1 Å². The van der Waals surface area contributed by atoms with Crippen molar-refractivity contribution in [1.29, 1.82) is 0 Å². The van der Waals surface area contributed by atoms with Crippen molar-refractivity contribution in [2.75, 3.05) is 6.54 Å². The molecule has 1 amide bonds. The van der Waals surface area contributed by atoms with Gasteiger partial charge in [-0.3, -0.25) is 4.79 Å². The van der Waals surface area contributed by atoms with Crippen LogP contribution in [0.2, 0.25) is 0 Å². The fraction of sp³-hybridized carbons (Fsp3) is 0.333. The molecule has 0 saturated carbocycles. The molecular weight excluding hydrogens is 345 g/mol. The number of hydrogen-bond donors (Lipinski definition) is 0. The van der Waals surface area contributed by atoms with Crippen molar-refractivity contribution in [1.82, 2.24) is 34.0 Å². The number of carbonyl (C=O) groups is 1. The van der Waals surface area contributed by atoms with Crippen molar-refractivity contribution in [2.45, 2.75) is 26.4 Å². The van der Waals surface area contributed by atoms with Gasteiger partial charge in [0.25, 0.3) is 5.91 Å². The molecule has 3 aromatic heterocycles. The fourth-order valence-electron chi connectivity index (χ4n) is 2.88. The lowest BCUT2D eigenvalue weighted by atomic mass is 10.1. The molecule has 1 aliphatic rings. The van der Waals surface area contributed by atoms with Crippen molar-refractivity contribution >= 4 is 17.4 Å². The van der Waals surface area contributed by atoms with E-state index < -0.39 is 5.95 Å². The Bertz CT molecular complexity index is 936. The molecule has 4 heterocycles. The Hall–Kier alpha value is -2.75. The number of amides is 1. The second-order valence-electron chi connectivity index (χ2n) is 5.72. The summed E-state index contributed by atoms with van der Waals surface area (Å²) in [6.45, 7) is 4.77. The van der Waals surface area contributed by atoms with Crippen LogP contribution in [0.3, 0.4) is 0 Å². The first-order valence-corrected chi connectivity index (χ1v) is 8.48. The molecule has 0 spiro atoms. The van der Waals surface area contributed by atoms with Crippen LogP contribution in [-0.4, -0.2) is 46.5 Å². The summed E-state index contributed by atoms with van der Waals surface area (Å²) in [6, 6.07) is 2.36. The van der Waals surface area contributed by atoms with E-state index in [9.17, 15) is 9.18 Å². The standard InChI is InChI=1S/C15H14FN7OS/c1-8-12-19-20-13(14-18-9(2)21-25-14)23(12)6-5-22(8)15(24)10-3-4-11(16)17-7-10/h3-4,7-8H,5-6H2,1-2H3/t8-/m1/s1. The summed E-state index contributed by atoms with van der Waals surface area (Å²) in [6.07, 6.45) is 1.25. The van der Waals surface area contributed by atoms with E-state index in [1.54, 1.807) is 4.90 Å². The van der Waals surface area contributed by atoms with Crippen LogP contribution in [0.5, 0.6) is 0 Å². The zero-order chi connectivity index (χ0) is 17.6. The molecule has 1 atom stereocenters. The molecule has 8 nitrogen and oxygen atoms in total. The number of halogens is 1. The molecule has 0 fully saturated rings. The van der Waals surface area contributed by atoms with E-state index in [2.05, 4.69) is 24.5 Å². The van der Waals surface area contributed by atoms with Crippen LogP contribution in [0.15, 0.2) is 18.3 Å². The lowest BCUT2D eigenvalue weighted by Crippen LogP contribution is -2.41. The molecule has 3 aromatic rings. The highest BCUT2D eigenvalue weighted by Gasteiger charge is 2.32. The molecule has 0 aliphatic carbocycles. The number of hydrogen-bond acceptors (Lipinski definition) is 7. The maximum atomic E-state index is 13.0. The molecule has 0 aromatic carbocycles. The maximum Gasteiger partial charge on any atom is 0.256 e. The average Bonchev–Trinajstić information content (AvgIpc) is 3.21. The van der Waals surface area contributed by atoms with Crippen LogP contribution < -0.4 is 0 Å². The molecule has 10 heteroatoms. The fourth-order valence-corrected chi connectivity index (χ4v) is 3.54. The zero-order valence-corrected chi connectivity index (χ0v) is 14.4. The van der Waals surface area contributed by atoms with Crippen molar-refractivity contribution in [2.24, 2.45) is 0 Å². The Morgan fingerprint density at radius 1 is 1.32 bits per heavy atom. The SMILES string of the molecule is Cc1nsc(-c2nnc3n2CCN(C(=O)c2ccc(F)nc2)[C@@H]3C)n1. The van der Waals surface area contributed by atoms with Gasteiger partial charge in [0.05, 0.1) is 11.6 Å². The highest BCUT2D eigenvalue weighted by molar-refractivity contribution is 7.09. The minimum Gasteiger partial charge on any atom is -0.327 e. The predicted octanol–water partition coefficient (Wildman–Crippen LogP) is 1.86. The molecule has 4 rings (SSSR count). The van der Waals surface area contributed by atoms with Crippen LogP contribution >= 0.6 is 11.5 Å². The second-order valence-corrected chi connectivity index (χ2v) is 6.48. The highest BCUT2D eigenvalue weighted by Crippen LogP contribution is 2.29. The van der Waals surface area contributed by atoms with Crippen LogP contribution in [0, 0.1) is 12.9 Å². The van der Waals surface area contributed by atoms with E-state index in [4.69, 9.17) is 0 Å². The van der Waals surface area contributed by atoms with Gasteiger partial charge in [-0.2, -0.15) is 8.76 Å². The smallest absolute Gasteiger partial charge is 0.256 e. The third kappa shape index (κ3) is 2.68. The minimum absolute atomic E-state index is 0.206. The van der Waals surface area contributed by atoms with Crippen LogP contribution in [0.4, 0.5) is 4.39 Å². The lowest BCUT2D eigenvalue weighted by molar-refractivity contribution is 0.0638. The normalized spacial score (nSPS) is 16.8. The Kier molecular flexibility index (Phi) is 3.75. The second kappa shape index (κ2) is 5.96. The van der Waals surface area contributed by atoms with Gasteiger partial charge in [-0.25, -0.2) is 9.97 Å². The Morgan fingerprint density at radius 2 is 2.16 bits per heavy atom. The third-order valence-electron chi connectivity index (χ3n) is 4.14. The van der Waals surface area contributed by atoms with Gasteiger partial charge in [0.2, 0.25) is 5.95 Å². The molecule has 0 N–H and O–H groups in total. The van der Waals surface area contributed by atoms with Crippen molar-refractivity contribution < 1.29 is 9.18 Å². The average molecular weight is 359 g/mol. The molecule has 0 bridgehead atoms. The molecule has 1 aliphatic heterocycles. The largest absolute Gasteiger partial charge is 0.327 e. The summed E-state index contributed by atoms with van der Waals surface area (Å²) in [5, 5.41) is 9.19. The first-order chi connectivity index (χ1) is 12.0. The van der Waals surface area contributed by atoms with E-state index in [1.807, 2.05) is 18.4 Å². The van der Waals surface area contributed by atoms with Gasteiger partial charge in [0.15, 0.2) is 16.7 Å². The Labute approximate surface area is 146 Å². The molecule has 0 radical (unpaired) electrons. The highest BCUT2D eigenvalue weighted by atomic mass is 32.1. The quantitative estimate of drug-likeness (QED) is 0.649. The van der Waals surface area contributed by atoms with E-state index in [0.717, 1.165) is 0 Å². The number of nitrogens with zero attached hydrogens (tertiary/aromatic N) is 7. The van der Waals surface area contributed by atoms with Gasteiger partial charge in [-0.05, 0) is 37.5 Å². The van der Waals surface area contributed by atoms with Gasteiger partial charge >= 0.3 is 0 Å². The number of rotatable bonds is 2. The maximum absolute atomic E-state index is 13.0. The Balaban J connectivity index is 1.63.